The van der Waals surface area contributed by atoms with E-state index < -0.39 is 12.0 Å². The van der Waals surface area contributed by atoms with E-state index in [4.69, 9.17) is 10.8 Å². The van der Waals surface area contributed by atoms with Gasteiger partial charge < -0.3 is 15.9 Å². The molecule has 0 radical (unpaired) electrons. The van der Waals surface area contributed by atoms with Crippen LogP contribution in [0.4, 0.5) is 0 Å². The third-order valence-corrected chi connectivity index (χ3v) is 2.72. The molecule has 0 aliphatic heterocycles. The molecule has 1 unspecified atom stereocenters. The Labute approximate surface area is 77.7 Å². The quantitative estimate of drug-likeness (QED) is 0.595. The summed E-state index contributed by atoms with van der Waals surface area (Å²) < 4.78 is 0. The van der Waals surface area contributed by atoms with Gasteiger partial charge in [-0.3, -0.25) is 4.79 Å². The predicted octanol–water partition coefficient (Wildman–Crippen LogP) is 0.339. The summed E-state index contributed by atoms with van der Waals surface area (Å²) in [4.78, 5) is 10.5. The summed E-state index contributed by atoms with van der Waals surface area (Å²) in [6.45, 7) is 0. The zero-order valence-electron chi connectivity index (χ0n) is 7.65. The lowest BCUT2D eigenvalue weighted by molar-refractivity contribution is -0.139. The van der Waals surface area contributed by atoms with Crippen molar-refractivity contribution in [2.75, 3.05) is 0 Å². The first-order valence-electron chi connectivity index (χ1n) is 4.76. The molecule has 1 saturated carbocycles. The second kappa shape index (κ2) is 4.58. The maximum atomic E-state index is 10.5. The van der Waals surface area contributed by atoms with Gasteiger partial charge in [0.25, 0.3) is 0 Å². The van der Waals surface area contributed by atoms with Crippen molar-refractivity contribution in [2.45, 2.75) is 44.2 Å². The summed E-state index contributed by atoms with van der Waals surface area (Å²) >= 11 is 0. The number of carboxylic acids is 1. The summed E-state index contributed by atoms with van der Waals surface area (Å²) in [6.07, 6.45) is 3.75. The Balaban J connectivity index is 2.26. The average Bonchev–Trinajstić information content (AvgIpc) is 2.08. The SMILES string of the molecule is NC(CC1CCC(O)CC1)C(=O)O. The van der Waals surface area contributed by atoms with Crippen molar-refractivity contribution in [1.29, 1.82) is 0 Å². The third kappa shape index (κ3) is 3.32. The fraction of sp³-hybridized carbons (Fsp3) is 0.889. The van der Waals surface area contributed by atoms with Crippen LogP contribution < -0.4 is 5.73 Å². The summed E-state index contributed by atoms with van der Waals surface area (Å²) in [5.74, 6) is -0.541. The number of nitrogens with two attached hydrogens (primary N) is 1. The fourth-order valence-electron chi connectivity index (χ4n) is 1.84. The van der Waals surface area contributed by atoms with Gasteiger partial charge in [0.2, 0.25) is 0 Å². The number of hydrogen-bond acceptors (Lipinski definition) is 3. The highest BCUT2D eigenvalue weighted by atomic mass is 16.4. The number of aliphatic hydroxyl groups excluding tert-OH is 1. The normalized spacial score (nSPS) is 31.2. The molecule has 0 aromatic heterocycles. The molecule has 1 atom stereocenters. The second-order valence-electron chi connectivity index (χ2n) is 3.85. The van der Waals surface area contributed by atoms with E-state index in [-0.39, 0.29) is 6.10 Å². The molecule has 0 spiro atoms. The van der Waals surface area contributed by atoms with Gasteiger partial charge in [0.05, 0.1) is 6.10 Å². The van der Waals surface area contributed by atoms with Crippen LogP contribution >= 0.6 is 0 Å². The van der Waals surface area contributed by atoms with Crippen molar-refractivity contribution < 1.29 is 15.0 Å². The van der Waals surface area contributed by atoms with Crippen molar-refractivity contribution >= 4 is 5.97 Å². The van der Waals surface area contributed by atoms with Crippen LogP contribution in [0.5, 0.6) is 0 Å². The average molecular weight is 187 g/mol. The van der Waals surface area contributed by atoms with Gasteiger partial charge in [-0.25, -0.2) is 0 Å². The molecule has 13 heavy (non-hydrogen) atoms. The largest absolute Gasteiger partial charge is 0.480 e. The Kier molecular flexibility index (Phi) is 3.69. The van der Waals surface area contributed by atoms with Crippen molar-refractivity contribution in [3.8, 4) is 0 Å². The Bertz CT molecular complexity index is 176. The molecule has 0 aromatic carbocycles. The van der Waals surface area contributed by atoms with E-state index in [2.05, 4.69) is 0 Å². The molecule has 0 aromatic rings. The Morgan fingerprint density at radius 1 is 1.38 bits per heavy atom. The van der Waals surface area contributed by atoms with Gasteiger partial charge >= 0.3 is 5.97 Å². The van der Waals surface area contributed by atoms with Crippen molar-refractivity contribution in [3.63, 3.8) is 0 Å². The molecule has 1 aliphatic rings. The lowest BCUT2D eigenvalue weighted by Crippen LogP contribution is -2.33. The summed E-state index contributed by atoms with van der Waals surface area (Å²) in [5.41, 5.74) is 5.42. The van der Waals surface area contributed by atoms with E-state index in [1.165, 1.54) is 0 Å². The molecule has 0 heterocycles. The van der Waals surface area contributed by atoms with Gasteiger partial charge in [-0.2, -0.15) is 0 Å². The highest BCUT2D eigenvalue weighted by Gasteiger charge is 2.23. The summed E-state index contributed by atoms with van der Waals surface area (Å²) in [6, 6.07) is -0.736. The zero-order valence-corrected chi connectivity index (χ0v) is 7.65. The topological polar surface area (TPSA) is 83.5 Å². The van der Waals surface area contributed by atoms with E-state index in [1.54, 1.807) is 0 Å². The van der Waals surface area contributed by atoms with E-state index in [0.29, 0.717) is 12.3 Å². The Morgan fingerprint density at radius 3 is 2.38 bits per heavy atom. The lowest BCUT2D eigenvalue weighted by atomic mass is 9.83. The molecule has 0 amide bonds. The van der Waals surface area contributed by atoms with Crippen molar-refractivity contribution in [1.82, 2.24) is 0 Å². The minimum absolute atomic E-state index is 0.183. The van der Waals surface area contributed by atoms with Gasteiger partial charge in [-0.15, -0.1) is 0 Å². The standard InChI is InChI=1S/C9H17NO3/c10-8(9(12)13)5-6-1-3-7(11)4-2-6/h6-8,11H,1-5,10H2,(H,12,13). The smallest absolute Gasteiger partial charge is 0.320 e. The molecule has 4 nitrogen and oxygen atoms in total. The molecule has 0 saturated heterocycles. The number of aliphatic carboxylic acids is 1. The second-order valence-corrected chi connectivity index (χ2v) is 3.85. The number of hydrogen-bond donors (Lipinski definition) is 3. The van der Waals surface area contributed by atoms with Gasteiger partial charge in [0, 0.05) is 0 Å². The van der Waals surface area contributed by atoms with E-state index in [9.17, 15) is 9.90 Å². The molecule has 1 aliphatic carbocycles. The van der Waals surface area contributed by atoms with Crippen LogP contribution in [-0.2, 0) is 4.79 Å². The van der Waals surface area contributed by atoms with Gasteiger partial charge in [-0.05, 0) is 38.0 Å². The monoisotopic (exact) mass is 187 g/mol. The van der Waals surface area contributed by atoms with Crippen molar-refractivity contribution in [3.05, 3.63) is 0 Å². The highest BCUT2D eigenvalue weighted by molar-refractivity contribution is 5.73. The molecule has 76 valence electrons. The number of carbonyl (C=O) groups is 1. The fourth-order valence-corrected chi connectivity index (χ4v) is 1.84. The Morgan fingerprint density at radius 2 is 1.92 bits per heavy atom. The minimum Gasteiger partial charge on any atom is -0.480 e. The van der Waals surface area contributed by atoms with Gasteiger partial charge in [0.1, 0.15) is 6.04 Å². The molecule has 4 heteroatoms. The lowest BCUT2D eigenvalue weighted by Gasteiger charge is -2.26. The number of aliphatic hydroxyl groups is 1. The van der Waals surface area contributed by atoms with Crippen LogP contribution in [0.3, 0.4) is 0 Å². The first kappa shape index (κ1) is 10.5. The Hall–Kier alpha value is -0.610. The van der Waals surface area contributed by atoms with E-state index in [0.717, 1.165) is 25.7 Å². The highest BCUT2D eigenvalue weighted by Crippen LogP contribution is 2.27. The molecule has 1 rings (SSSR count). The maximum absolute atomic E-state index is 10.5. The predicted molar refractivity (Wildman–Crippen MR) is 48.2 cm³/mol. The molecule has 1 fully saturated rings. The molecular weight excluding hydrogens is 170 g/mol. The van der Waals surface area contributed by atoms with Crippen LogP contribution in [0.2, 0.25) is 0 Å². The molecular formula is C9H17NO3. The van der Waals surface area contributed by atoms with Gasteiger partial charge in [0.15, 0.2) is 0 Å². The van der Waals surface area contributed by atoms with Crippen LogP contribution in [0.1, 0.15) is 32.1 Å². The van der Waals surface area contributed by atoms with E-state index >= 15 is 0 Å². The van der Waals surface area contributed by atoms with Gasteiger partial charge in [-0.1, -0.05) is 0 Å². The van der Waals surface area contributed by atoms with Crippen LogP contribution in [0.15, 0.2) is 0 Å². The van der Waals surface area contributed by atoms with Crippen LogP contribution in [0.25, 0.3) is 0 Å². The first-order chi connectivity index (χ1) is 6.09. The van der Waals surface area contributed by atoms with Crippen LogP contribution in [-0.4, -0.2) is 28.3 Å². The number of carboxylic acid groups (broad SMARTS) is 1. The molecule has 4 N–H and O–H groups in total. The number of rotatable bonds is 3. The van der Waals surface area contributed by atoms with Crippen LogP contribution in [0, 0.1) is 5.92 Å². The maximum Gasteiger partial charge on any atom is 0.320 e. The summed E-state index contributed by atoms with van der Waals surface area (Å²) in [5, 5.41) is 17.8. The molecule has 0 bridgehead atoms. The van der Waals surface area contributed by atoms with E-state index in [1.807, 2.05) is 0 Å². The van der Waals surface area contributed by atoms with Crippen molar-refractivity contribution in [2.24, 2.45) is 11.7 Å². The summed E-state index contributed by atoms with van der Waals surface area (Å²) in [7, 11) is 0. The first-order valence-corrected chi connectivity index (χ1v) is 4.76. The third-order valence-electron chi connectivity index (χ3n) is 2.72. The zero-order chi connectivity index (χ0) is 9.84. The minimum atomic E-state index is -0.925.